The highest BCUT2D eigenvalue weighted by Crippen LogP contribution is 2.27. The fraction of sp³-hybridized carbons (Fsp3) is 0.500. The summed E-state index contributed by atoms with van der Waals surface area (Å²) in [4.78, 5) is 4.68. The molecule has 0 amide bonds. The van der Waals surface area contributed by atoms with Gasteiger partial charge in [0.05, 0.1) is 6.61 Å². The van der Waals surface area contributed by atoms with Crippen molar-refractivity contribution < 1.29 is 13.5 Å². The van der Waals surface area contributed by atoms with E-state index < -0.39 is 10.0 Å². The van der Waals surface area contributed by atoms with Gasteiger partial charge < -0.3 is 10.5 Å². The van der Waals surface area contributed by atoms with Crippen LogP contribution in [0.4, 0.5) is 5.82 Å². The summed E-state index contributed by atoms with van der Waals surface area (Å²) in [5.41, 5.74) is 2.32. The number of aromatic nitrogens is 2. The molecule has 0 saturated heterocycles. The molecule has 8 nitrogen and oxygen atoms in total. The number of aliphatic hydroxyl groups excluding tert-OH is 1. The van der Waals surface area contributed by atoms with E-state index in [-0.39, 0.29) is 24.0 Å². The first-order valence-corrected chi connectivity index (χ1v) is 8.41. The second kappa shape index (κ2) is 6.06. The van der Waals surface area contributed by atoms with E-state index in [9.17, 15) is 8.42 Å². The minimum Gasteiger partial charge on any atom is -0.395 e. The first kappa shape index (κ1) is 15.2. The van der Waals surface area contributed by atoms with Crippen molar-refractivity contribution in [2.24, 2.45) is 5.84 Å². The lowest BCUT2D eigenvalue weighted by Crippen LogP contribution is -2.35. The zero-order valence-corrected chi connectivity index (χ0v) is 12.6. The minimum atomic E-state index is -3.78. The van der Waals surface area contributed by atoms with Crippen LogP contribution in [-0.2, 0) is 10.0 Å². The smallest absolute Gasteiger partial charge is 0.263 e. The molecule has 0 fully saturated rings. The van der Waals surface area contributed by atoms with E-state index in [1.807, 2.05) is 6.92 Å². The van der Waals surface area contributed by atoms with E-state index in [4.69, 9.17) is 10.9 Å². The van der Waals surface area contributed by atoms with Crippen LogP contribution >= 0.6 is 11.3 Å². The van der Waals surface area contributed by atoms with Gasteiger partial charge in [-0.3, -0.25) is 4.40 Å². The highest BCUT2D eigenvalue weighted by Gasteiger charge is 2.31. The van der Waals surface area contributed by atoms with Crippen LogP contribution in [0, 0.1) is 0 Å². The quantitative estimate of drug-likeness (QED) is 0.492. The molecule has 20 heavy (non-hydrogen) atoms. The number of nitrogen functional groups attached to an aromatic ring is 1. The van der Waals surface area contributed by atoms with Crippen LogP contribution in [0.25, 0.3) is 4.96 Å². The summed E-state index contributed by atoms with van der Waals surface area (Å²) < 4.78 is 28.2. The van der Waals surface area contributed by atoms with Gasteiger partial charge in [-0.05, 0) is 6.42 Å². The lowest BCUT2D eigenvalue weighted by atomic mass is 10.5. The molecule has 0 bridgehead atoms. The molecule has 0 radical (unpaired) electrons. The molecule has 2 aromatic rings. The second-order valence-corrected chi connectivity index (χ2v) is 6.82. The Morgan fingerprint density at radius 1 is 1.55 bits per heavy atom. The van der Waals surface area contributed by atoms with Crippen LogP contribution in [0.1, 0.15) is 13.3 Å². The molecule has 0 aliphatic heterocycles. The van der Waals surface area contributed by atoms with Crippen molar-refractivity contribution in [2.45, 2.75) is 18.4 Å². The van der Waals surface area contributed by atoms with Crippen LogP contribution in [-0.4, -0.2) is 46.9 Å². The van der Waals surface area contributed by atoms with Crippen molar-refractivity contribution in [2.75, 3.05) is 25.1 Å². The molecule has 4 N–H and O–H groups in total. The maximum atomic E-state index is 12.7. The van der Waals surface area contributed by atoms with Gasteiger partial charge in [0.2, 0.25) is 5.03 Å². The number of aliphatic hydroxyl groups is 1. The Balaban J connectivity index is 2.56. The summed E-state index contributed by atoms with van der Waals surface area (Å²) in [5.74, 6) is 5.47. The van der Waals surface area contributed by atoms with Crippen molar-refractivity contribution in [3.63, 3.8) is 0 Å². The number of nitrogens with zero attached hydrogens (tertiary/aromatic N) is 3. The molecule has 0 aromatic carbocycles. The van der Waals surface area contributed by atoms with E-state index in [0.717, 1.165) is 0 Å². The van der Waals surface area contributed by atoms with Crippen LogP contribution < -0.4 is 11.3 Å². The Morgan fingerprint density at radius 3 is 2.90 bits per heavy atom. The largest absolute Gasteiger partial charge is 0.395 e. The van der Waals surface area contributed by atoms with Gasteiger partial charge in [0.15, 0.2) is 10.8 Å². The maximum absolute atomic E-state index is 12.7. The molecule has 0 aliphatic carbocycles. The molecule has 0 spiro atoms. The van der Waals surface area contributed by atoms with Gasteiger partial charge in [0.25, 0.3) is 10.0 Å². The molecule has 0 atom stereocenters. The molecule has 0 saturated carbocycles. The van der Waals surface area contributed by atoms with Crippen LogP contribution in [0.5, 0.6) is 0 Å². The lowest BCUT2D eigenvalue weighted by Gasteiger charge is -2.20. The Bertz CT molecular complexity index is 672. The summed E-state index contributed by atoms with van der Waals surface area (Å²) >= 11 is 1.32. The summed E-state index contributed by atoms with van der Waals surface area (Å²) in [5, 5.41) is 10.8. The summed E-state index contributed by atoms with van der Waals surface area (Å²) in [6.07, 6.45) is 2.28. The van der Waals surface area contributed by atoms with Crippen molar-refractivity contribution in [1.82, 2.24) is 13.7 Å². The van der Waals surface area contributed by atoms with Crippen molar-refractivity contribution in [3.8, 4) is 0 Å². The van der Waals surface area contributed by atoms with Gasteiger partial charge >= 0.3 is 0 Å². The molecule has 2 aromatic heterocycles. The van der Waals surface area contributed by atoms with Gasteiger partial charge in [-0.25, -0.2) is 14.3 Å². The number of fused-ring (bicyclic) bond motifs is 1. The van der Waals surface area contributed by atoms with Gasteiger partial charge in [-0.1, -0.05) is 6.92 Å². The van der Waals surface area contributed by atoms with Crippen molar-refractivity contribution >= 4 is 32.1 Å². The van der Waals surface area contributed by atoms with E-state index in [1.54, 1.807) is 11.6 Å². The number of anilines is 1. The fourth-order valence-electron chi connectivity index (χ4n) is 1.94. The topological polar surface area (TPSA) is 113 Å². The van der Waals surface area contributed by atoms with Crippen molar-refractivity contribution in [3.05, 3.63) is 11.6 Å². The van der Waals surface area contributed by atoms with Crippen LogP contribution in [0.15, 0.2) is 16.6 Å². The summed E-state index contributed by atoms with van der Waals surface area (Å²) in [7, 11) is -3.78. The normalized spacial score (nSPS) is 12.4. The van der Waals surface area contributed by atoms with Crippen molar-refractivity contribution in [1.29, 1.82) is 0 Å². The predicted octanol–water partition coefficient (Wildman–Crippen LogP) is 0.0744. The number of sulfonamides is 1. The Kier molecular flexibility index (Phi) is 4.60. The molecule has 2 heterocycles. The van der Waals surface area contributed by atoms with E-state index in [2.05, 4.69) is 10.4 Å². The van der Waals surface area contributed by atoms with Gasteiger partial charge in [0.1, 0.15) is 0 Å². The van der Waals surface area contributed by atoms with Crippen LogP contribution in [0.3, 0.4) is 0 Å². The lowest BCUT2D eigenvalue weighted by molar-refractivity contribution is 0.253. The average Bonchev–Trinajstić information content (AvgIpc) is 2.97. The minimum absolute atomic E-state index is 0.00171. The molecule has 0 aliphatic rings. The number of thiazole rings is 1. The number of imidazole rings is 1. The molecular formula is C10H17N5O3S2. The molecule has 0 unspecified atom stereocenters. The Labute approximate surface area is 120 Å². The molecular weight excluding hydrogens is 302 g/mol. The fourth-order valence-corrected chi connectivity index (χ4v) is 4.45. The number of hydrogen-bond acceptors (Lipinski definition) is 7. The zero-order chi connectivity index (χ0) is 14.8. The van der Waals surface area contributed by atoms with E-state index in [0.29, 0.717) is 17.9 Å². The number of hydrazine groups is 1. The third kappa shape index (κ3) is 2.52. The third-order valence-electron chi connectivity index (χ3n) is 2.76. The zero-order valence-electron chi connectivity index (χ0n) is 11.0. The number of hydrogen-bond donors (Lipinski definition) is 3. The highest BCUT2D eigenvalue weighted by molar-refractivity contribution is 7.89. The van der Waals surface area contributed by atoms with Gasteiger partial charge in [-0.2, -0.15) is 9.29 Å². The van der Waals surface area contributed by atoms with Gasteiger partial charge in [-0.15, -0.1) is 11.3 Å². The SMILES string of the molecule is CCCN(CCO)S(=O)(=O)c1c(NN)nc2sccn12. The first-order chi connectivity index (χ1) is 9.56. The number of nitrogens with one attached hydrogen (secondary N) is 1. The number of rotatable bonds is 7. The molecule has 2 rings (SSSR count). The third-order valence-corrected chi connectivity index (χ3v) is 5.44. The van der Waals surface area contributed by atoms with E-state index in [1.165, 1.54) is 20.0 Å². The first-order valence-electron chi connectivity index (χ1n) is 6.09. The Hall–Kier alpha value is -1.20. The van der Waals surface area contributed by atoms with Gasteiger partial charge in [0, 0.05) is 24.7 Å². The van der Waals surface area contributed by atoms with E-state index >= 15 is 0 Å². The highest BCUT2D eigenvalue weighted by atomic mass is 32.2. The number of nitrogens with two attached hydrogens (primary N) is 1. The maximum Gasteiger partial charge on any atom is 0.263 e. The second-order valence-electron chi connectivity index (χ2n) is 4.09. The predicted molar refractivity (Wildman–Crippen MR) is 77.0 cm³/mol. The standard InChI is InChI=1S/C10H17N5O3S2/c1-2-3-14(4-6-16)20(17,18)9-8(13-11)12-10-15(9)5-7-19-10/h5,7,13,16H,2-4,6,11H2,1H3. The summed E-state index contributed by atoms with van der Waals surface area (Å²) in [6.45, 7) is 2.00. The monoisotopic (exact) mass is 319 g/mol. The van der Waals surface area contributed by atoms with Crippen LogP contribution in [0.2, 0.25) is 0 Å². The summed E-state index contributed by atoms with van der Waals surface area (Å²) in [6, 6.07) is 0. The molecule has 10 heteroatoms. The average molecular weight is 319 g/mol. The molecule has 112 valence electrons. The Morgan fingerprint density at radius 2 is 2.30 bits per heavy atom.